The van der Waals surface area contributed by atoms with Gasteiger partial charge in [-0.15, -0.1) is 0 Å². The van der Waals surface area contributed by atoms with E-state index in [4.69, 9.17) is 10.2 Å². The summed E-state index contributed by atoms with van der Waals surface area (Å²) < 4.78 is 0. The Morgan fingerprint density at radius 1 is 1.05 bits per heavy atom. The minimum atomic E-state index is -1.21. The molecule has 1 amide bonds. The Balaban J connectivity index is 4.56. The number of carbonyl (C=O) groups excluding carboxylic acids is 1. The molecule has 0 bridgehead atoms. The largest absolute Gasteiger partial charge is 0.481 e. The van der Waals surface area contributed by atoms with Crippen LogP contribution >= 0.6 is 0 Å². The zero-order chi connectivity index (χ0) is 16.8. The summed E-state index contributed by atoms with van der Waals surface area (Å²) in [5.74, 6) is -2.65. The fraction of sp³-hybridized carbons (Fsp3) is 0.800. The van der Waals surface area contributed by atoms with Gasteiger partial charge in [0, 0.05) is 12.8 Å². The van der Waals surface area contributed by atoms with E-state index in [0.29, 0.717) is 0 Å². The van der Waals surface area contributed by atoms with Gasteiger partial charge in [0.25, 0.3) is 0 Å². The molecule has 21 heavy (non-hydrogen) atoms. The highest BCUT2D eigenvalue weighted by Crippen LogP contribution is 2.35. The van der Waals surface area contributed by atoms with Crippen molar-refractivity contribution >= 4 is 17.8 Å². The van der Waals surface area contributed by atoms with Gasteiger partial charge in [0.15, 0.2) is 0 Å². The number of carboxylic acid groups (broad SMARTS) is 2. The van der Waals surface area contributed by atoms with Crippen molar-refractivity contribution in [3.63, 3.8) is 0 Å². The molecule has 0 rings (SSSR count). The van der Waals surface area contributed by atoms with Gasteiger partial charge >= 0.3 is 11.9 Å². The summed E-state index contributed by atoms with van der Waals surface area (Å²) in [6.07, 6.45) is 0.625. The zero-order valence-electron chi connectivity index (χ0n) is 13.5. The molecule has 0 saturated heterocycles. The lowest BCUT2D eigenvalue weighted by atomic mass is 9.74. The third kappa shape index (κ3) is 9.87. The van der Waals surface area contributed by atoms with Gasteiger partial charge in [-0.25, -0.2) is 4.79 Å². The van der Waals surface area contributed by atoms with Crippen molar-refractivity contribution in [2.75, 3.05) is 0 Å². The maximum absolute atomic E-state index is 12.0. The smallest absolute Gasteiger partial charge is 0.326 e. The second-order valence-electron chi connectivity index (χ2n) is 7.47. The number of hydrogen-bond acceptors (Lipinski definition) is 3. The van der Waals surface area contributed by atoms with E-state index in [9.17, 15) is 14.4 Å². The fourth-order valence-electron chi connectivity index (χ4n) is 2.70. The molecule has 6 nitrogen and oxygen atoms in total. The van der Waals surface area contributed by atoms with Crippen LogP contribution in [0.5, 0.6) is 0 Å². The van der Waals surface area contributed by atoms with Crippen LogP contribution < -0.4 is 5.32 Å². The molecule has 0 spiro atoms. The average molecular weight is 301 g/mol. The summed E-state index contributed by atoms with van der Waals surface area (Å²) in [7, 11) is 0. The molecule has 6 heteroatoms. The Morgan fingerprint density at radius 3 is 1.95 bits per heavy atom. The van der Waals surface area contributed by atoms with E-state index in [-0.39, 0.29) is 36.0 Å². The lowest BCUT2D eigenvalue weighted by molar-refractivity contribution is -0.143. The van der Waals surface area contributed by atoms with Crippen molar-refractivity contribution in [1.29, 1.82) is 0 Å². The van der Waals surface area contributed by atoms with Gasteiger partial charge in [0.1, 0.15) is 6.04 Å². The van der Waals surface area contributed by atoms with Crippen molar-refractivity contribution < 1.29 is 24.6 Å². The summed E-state index contributed by atoms with van der Waals surface area (Å²) in [6.45, 7) is 10.2. The molecule has 0 saturated carbocycles. The molecule has 1 atom stereocenters. The Morgan fingerprint density at radius 2 is 1.57 bits per heavy atom. The SMILES string of the molecule is CC(C)(C)CC(C)(C)CC(=O)N[C@@H](CCC(=O)O)C(=O)O. The molecule has 0 aromatic heterocycles. The molecule has 0 aliphatic rings. The van der Waals surface area contributed by atoms with Crippen LogP contribution in [0.1, 0.15) is 60.3 Å². The Kier molecular flexibility index (Phi) is 6.86. The van der Waals surface area contributed by atoms with Crippen LogP contribution in [-0.2, 0) is 14.4 Å². The number of nitrogens with one attached hydrogen (secondary N) is 1. The number of hydrogen-bond donors (Lipinski definition) is 3. The van der Waals surface area contributed by atoms with E-state index in [1.807, 2.05) is 13.8 Å². The minimum absolute atomic E-state index is 0.0687. The highest BCUT2D eigenvalue weighted by atomic mass is 16.4. The predicted molar refractivity (Wildman–Crippen MR) is 78.9 cm³/mol. The normalized spacial score (nSPS) is 13.6. The Labute approximate surface area is 125 Å². The second-order valence-corrected chi connectivity index (χ2v) is 7.47. The number of amides is 1. The lowest BCUT2D eigenvalue weighted by Crippen LogP contribution is -2.42. The van der Waals surface area contributed by atoms with Gasteiger partial charge in [-0.3, -0.25) is 9.59 Å². The van der Waals surface area contributed by atoms with Crippen LogP contribution in [0.25, 0.3) is 0 Å². The van der Waals surface area contributed by atoms with E-state index in [1.165, 1.54) is 0 Å². The summed E-state index contributed by atoms with van der Waals surface area (Å²) >= 11 is 0. The molecule has 0 radical (unpaired) electrons. The van der Waals surface area contributed by atoms with Gasteiger partial charge in [-0.2, -0.15) is 0 Å². The fourth-order valence-corrected chi connectivity index (χ4v) is 2.70. The van der Waals surface area contributed by atoms with Crippen molar-refractivity contribution in [3.05, 3.63) is 0 Å². The van der Waals surface area contributed by atoms with Gasteiger partial charge in [0.2, 0.25) is 5.91 Å². The summed E-state index contributed by atoms with van der Waals surface area (Å²) in [4.78, 5) is 33.5. The lowest BCUT2D eigenvalue weighted by Gasteiger charge is -2.32. The Hall–Kier alpha value is -1.59. The number of carbonyl (C=O) groups is 3. The van der Waals surface area contributed by atoms with Gasteiger partial charge in [0.05, 0.1) is 0 Å². The van der Waals surface area contributed by atoms with Crippen LogP contribution in [0, 0.1) is 10.8 Å². The third-order valence-corrected chi connectivity index (χ3v) is 2.93. The summed E-state index contributed by atoms with van der Waals surface area (Å²) in [6, 6.07) is -1.15. The van der Waals surface area contributed by atoms with Crippen LogP contribution in [0.15, 0.2) is 0 Å². The first-order chi connectivity index (χ1) is 9.32. The molecule has 0 aromatic rings. The number of carboxylic acids is 2. The molecule has 0 unspecified atom stereocenters. The zero-order valence-corrected chi connectivity index (χ0v) is 13.5. The highest BCUT2D eigenvalue weighted by molar-refractivity contribution is 5.84. The van der Waals surface area contributed by atoms with E-state index in [2.05, 4.69) is 26.1 Å². The molecule has 0 aliphatic carbocycles. The topological polar surface area (TPSA) is 104 Å². The van der Waals surface area contributed by atoms with Crippen molar-refractivity contribution in [2.24, 2.45) is 10.8 Å². The number of rotatable bonds is 8. The second kappa shape index (κ2) is 7.43. The molecular weight excluding hydrogens is 274 g/mol. The average Bonchev–Trinajstić information content (AvgIpc) is 2.18. The van der Waals surface area contributed by atoms with Crippen molar-refractivity contribution in [3.8, 4) is 0 Å². The third-order valence-electron chi connectivity index (χ3n) is 2.93. The van der Waals surface area contributed by atoms with Gasteiger partial charge < -0.3 is 15.5 Å². The van der Waals surface area contributed by atoms with Crippen molar-refractivity contribution in [1.82, 2.24) is 5.32 Å². The van der Waals surface area contributed by atoms with E-state index >= 15 is 0 Å². The van der Waals surface area contributed by atoms with Crippen LogP contribution in [-0.4, -0.2) is 34.1 Å². The summed E-state index contributed by atoms with van der Waals surface area (Å²) in [5.41, 5.74) is -0.183. The maximum Gasteiger partial charge on any atom is 0.326 e. The van der Waals surface area contributed by atoms with Crippen LogP contribution in [0.3, 0.4) is 0 Å². The molecule has 0 aliphatic heterocycles. The number of aliphatic carboxylic acids is 2. The molecular formula is C15H27NO5. The highest BCUT2D eigenvalue weighted by Gasteiger charge is 2.29. The monoisotopic (exact) mass is 301 g/mol. The van der Waals surface area contributed by atoms with Gasteiger partial charge in [-0.05, 0) is 23.7 Å². The standard InChI is InChI=1S/C15H27NO5/c1-14(2,3)9-15(4,5)8-11(17)16-10(13(20)21)6-7-12(18)19/h10H,6-9H2,1-5H3,(H,16,17)(H,18,19)(H,20,21)/t10-/m0/s1. The van der Waals surface area contributed by atoms with E-state index in [0.717, 1.165) is 6.42 Å². The first-order valence-electron chi connectivity index (χ1n) is 7.06. The summed E-state index contributed by atoms with van der Waals surface area (Å²) in [5, 5.41) is 20.0. The van der Waals surface area contributed by atoms with E-state index < -0.39 is 18.0 Å². The molecule has 0 aromatic carbocycles. The van der Waals surface area contributed by atoms with Gasteiger partial charge in [-0.1, -0.05) is 34.6 Å². The predicted octanol–water partition coefficient (Wildman–Crippen LogP) is 2.27. The first kappa shape index (κ1) is 19.4. The molecule has 3 N–H and O–H groups in total. The van der Waals surface area contributed by atoms with Crippen LogP contribution in [0.2, 0.25) is 0 Å². The minimum Gasteiger partial charge on any atom is -0.481 e. The van der Waals surface area contributed by atoms with E-state index in [1.54, 1.807) is 0 Å². The molecule has 122 valence electrons. The first-order valence-corrected chi connectivity index (χ1v) is 7.06. The quantitative estimate of drug-likeness (QED) is 0.638. The molecule has 0 heterocycles. The maximum atomic E-state index is 12.0. The van der Waals surface area contributed by atoms with Crippen LogP contribution in [0.4, 0.5) is 0 Å². The molecule has 0 fully saturated rings. The Bertz CT molecular complexity index is 395. The van der Waals surface area contributed by atoms with Crippen molar-refractivity contribution in [2.45, 2.75) is 66.3 Å².